The van der Waals surface area contributed by atoms with E-state index in [4.69, 9.17) is 4.98 Å². The van der Waals surface area contributed by atoms with Crippen molar-refractivity contribution < 1.29 is 4.79 Å². The second kappa shape index (κ2) is 8.49. The Labute approximate surface area is 172 Å². The molecule has 2 aliphatic rings. The Kier molecular flexibility index (Phi) is 5.81. The Bertz CT molecular complexity index is 914. The molecule has 0 spiro atoms. The van der Waals surface area contributed by atoms with Gasteiger partial charge in [0.15, 0.2) is 0 Å². The van der Waals surface area contributed by atoms with Gasteiger partial charge in [-0.15, -0.1) is 0 Å². The SMILES string of the molecule is CC(C)C(=O)N1CCC(c2nc3c(c(=O)[nH]2)CCN(Cc2ccccc2)C3)CC1. The van der Waals surface area contributed by atoms with Gasteiger partial charge in [-0.05, 0) is 24.8 Å². The molecule has 0 radical (unpaired) electrons. The molecule has 0 unspecified atom stereocenters. The van der Waals surface area contributed by atoms with Crippen LogP contribution in [0, 0.1) is 5.92 Å². The van der Waals surface area contributed by atoms with Crippen molar-refractivity contribution in [3.05, 3.63) is 63.3 Å². The van der Waals surface area contributed by atoms with Gasteiger partial charge in [-0.2, -0.15) is 0 Å². The number of benzene rings is 1. The summed E-state index contributed by atoms with van der Waals surface area (Å²) < 4.78 is 0. The van der Waals surface area contributed by atoms with Crippen molar-refractivity contribution in [3.8, 4) is 0 Å². The van der Waals surface area contributed by atoms with E-state index >= 15 is 0 Å². The normalized spacial score (nSPS) is 18.1. The lowest BCUT2D eigenvalue weighted by atomic mass is 9.94. The van der Waals surface area contributed by atoms with Gasteiger partial charge in [0.1, 0.15) is 5.82 Å². The molecule has 0 aliphatic carbocycles. The molecule has 6 heteroatoms. The second-order valence-corrected chi connectivity index (χ2v) is 8.58. The molecule has 1 aromatic carbocycles. The van der Waals surface area contributed by atoms with E-state index in [2.05, 4.69) is 34.1 Å². The number of aromatic nitrogens is 2. The van der Waals surface area contributed by atoms with Crippen molar-refractivity contribution in [1.29, 1.82) is 0 Å². The van der Waals surface area contributed by atoms with Crippen LogP contribution in [0.5, 0.6) is 0 Å². The average molecular weight is 395 g/mol. The number of piperidine rings is 1. The van der Waals surface area contributed by atoms with Crippen LogP contribution in [-0.4, -0.2) is 45.3 Å². The van der Waals surface area contributed by atoms with E-state index in [-0.39, 0.29) is 23.3 Å². The summed E-state index contributed by atoms with van der Waals surface area (Å²) in [5.74, 6) is 1.26. The van der Waals surface area contributed by atoms with Crippen LogP contribution in [0.4, 0.5) is 0 Å². The molecular formula is C23H30N4O2. The third-order valence-electron chi connectivity index (χ3n) is 6.11. The van der Waals surface area contributed by atoms with Gasteiger partial charge < -0.3 is 9.88 Å². The summed E-state index contributed by atoms with van der Waals surface area (Å²) in [4.78, 5) is 37.1. The van der Waals surface area contributed by atoms with Crippen molar-refractivity contribution in [3.63, 3.8) is 0 Å². The lowest BCUT2D eigenvalue weighted by Crippen LogP contribution is -2.41. The standard InChI is InChI=1S/C23H30N4O2/c1-16(2)23(29)27-12-8-18(9-13-27)21-24-20-15-26(11-10-19(20)22(28)25-21)14-17-6-4-3-5-7-17/h3-7,16,18H,8-15H2,1-2H3,(H,24,25,28). The van der Waals surface area contributed by atoms with Gasteiger partial charge in [-0.3, -0.25) is 14.5 Å². The monoisotopic (exact) mass is 394 g/mol. The van der Waals surface area contributed by atoms with E-state index in [1.807, 2.05) is 24.8 Å². The number of rotatable bonds is 4. The Hall–Kier alpha value is -2.47. The fourth-order valence-electron chi connectivity index (χ4n) is 4.42. The first-order valence-corrected chi connectivity index (χ1v) is 10.7. The molecule has 0 bridgehead atoms. The molecule has 154 valence electrons. The molecule has 2 aromatic rings. The summed E-state index contributed by atoms with van der Waals surface area (Å²) in [7, 11) is 0. The first-order valence-electron chi connectivity index (χ1n) is 10.7. The van der Waals surface area contributed by atoms with Crippen molar-refractivity contribution in [1.82, 2.24) is 19.8 Å². The summed E-state index contributed by atoms with van der Waals surface area (Å²) in [6, 6.07) is 10.4. The topological polar surface area (TPSA) is 69.3 Å². The van der Waals surface area contributed by atoms with Crippen molar-refractivity contribution in [2.24, 2.45) is 5.92 Å². The molecule has 29 heavy (non-hydrogen) atoms. The first-order chi connectivity index (χ1) is 14.0. The van der Waals surface area contributed by atoms with Crippen LogP contribution in [0.1, 0.15) is 55.3 Å². The van der Waals surface area contributed by atoms with Crippen LogP contribution in [0.25, 0.3) is 0 Å². The molecule has 0 atom stereocenters. The number of amides is 1. The Morgan fingerprint density at radius 1 is 1.17 bits per heavy atom. The lowest BCUT2D eigenvalue weighted by molar-refractivity contribution is -0.135. The van der Waals surface area contributed by atoms with E-state index in [1.54, 1.807) is 0 Å². The average Bonchev–Trinajstić information content (AvgIpc) is 2.73. The highest BCUT2D eigenvalue weighted by atomic mass is 16.2. The van der Waals surface area contributed by atoms with E-state index in [9.17, 15) is 9.59 Å². The van der Waals surface area contributed by atoms with E-state index in [1.165, 1.54) is 5.56 Å². The zero-order chi connectivity index (χ0) is 20.4. The minimum absolute atomic E-state index is 0.0186. The van der Waals surface area contributed by atoms with Crippen molar-refractivity contribution >= 4 is 5.91 Å². The highest BCUT2D eigenvalue weighted by Gasteiger charge is 2.28. The first kappa shape index (κ1) is 19.8. The van der Waals surface area contributed by atoms with Crippen LogP contribution >= 0.6 is 0 Å². The number of fused-ring (bicyclic) bond motifs is 1. The zero-order valence-corrected chi connectivity index (χ0v) is 17.4. The molecule has 1 N–H and O–H groups in total. The largest absolute Gasteiger partial charge is 0.342 e. The molecule has 1 fully saturated rings. The number of likely N-dealkylation sites (tertiary alicyclic amines) is 1. The fourth-order valence-corrected chi connectivity index (χ4v) is 4.42. The van der Waals surface area contributed by atoms with Gasteiger partial charge in [0.25, 0.3) is 5.56 Å². The fraction of sp³-hybridized carbons (Fsp3) is 0.522. The molecular weight excluding hydrogens is 364 g/mol. The summed E-state index contributed by atoms with van der Waals surface area (Å²) in [5.41, 5.74) is 3.06. The smallest absolute Gasteiger partial charge is 0.254 e. The van der Waals surface area contributed by atoms with Crippen LogP contribution < -0.4 is 5.56 Å². The highest BCUT2D eigenvalue weighted by Crippen LogP contribution is 2.27. The van der Waals surface area contributed by atoms with E-state index in [0.717, 1.165) is 62.5 Å². The summed E-state index contributed by atoms with van der Waals surface area (Å²) >= 11 is 0. The number of carbonyl (C=O) groups excluding carboxylic acids is 1. The van der Waals surface area contributed by atoms with Gasteiger partial charge in [0.2, 0.25) is 5.91 Å². The van der Waals surface area contributed by atoms with Gasteiger partial charge >= 0.3 is 0 Å². The number of carbonyl (C=O) groups is 1. The molecule has 2 aliphatic heterocycles. The number of aromatic amines is 1. The van der Waals surface area contributed by atoms with Crippen LogP contribution in [0.2, 0.25) is 0 Å². The summed E-state index contributed by atoms with van der Waals surface area (Å²) in [5, 5.41) is 0. The zero-order valence-electron chi connectivity index (χ0n) is 17.4. The van der Waals surface area contributed by atoms with Gasteiger partial charge in [0.05, 0.1) is 5.69 Å². The minimum atomic E-state index is 0.0186. The van der Waals surface area contributed by atoms with Gasteiger partial charge in [0, 0.05) is 50.1 Å². The van der Waals surface area contributed by atoms with E-state index < -0.39 is 0 Å². The quantitative estimate of drug-likeness (QED) is 0.866. The van der Waals surface area contributed by atoms with E-state index in [0.29, 0.717) is 6.54 Å². The minimum Gasteiger partial charge on any atom is -0.342 e. The number of hydrogen-bond donors (Lipinski definition) is 1. The molecule has 1 amide bonds. The molecule has 4 rings (SSSR count). The predicted molar refractivity (Wildman–Crippen MR) is 113 cm³/mol. The van der Waals surface area contributed by atoms with Crippen molar-refractivity contribution in [2.45, 2.75) is 52.1 Å². The molecule has 0 saturated carbocycles. The van der Waals surface area contributed by atoms with Crippen LogP contribution in [0.15, 0.2) is 35.1 Å². The second-order valence-electron chi connectivity index (χ2n) is 8.58. The Morgan fingerprint density at radius 3 is 2.59 bits per heavy atom. The van der Waals surface area contributed by atoms with Crippen LogP contribution in [0.3, 0.4) is 0 Å². The third-order valence-corrected chi connectivity index (χ3v) is 6.11. The van der Waals surface area contributed by atoms with Crippen LogP contribution in [-0.2, 0) is 24.3 Å². The summed E-state index contributed by atoms with van der Waals surface area (Å²) in [6.07, 6.45) is 2.45. The lowest BCUT2D eigenvalue weighted by Gasteiger charge is -2.33. The highest BCUT2D eigenvalue weighted by molar-refractivity contribution is 5.78. The number of nitrogens with zero attached hydrogens (tertiary/aromatic N) is 3. The Morgan fingerprint density at radius 2 is 1.90 bits per heavy atom. The van der Waals surface area contributed by atoms with Crippen molar-refractivity contribution in [2.75, 3.05) is 19.6 Å². The van der Waals surface area contributed by atoms with Gasteiger partial charge in [-0.25, -0.2) is 4.98 Å². The van der Waals surface area contributed by atoms with Gasteiger partial charge in [-0.1, -0.05) is 44.2 Å². The molecule has 3 heterocycles. The molecule has 1 aromatic heterocycles. The Balaban J connectivity index is 1.46. The predicted octanol–water partition coefficient (Wildman–Crippen LogP) is 2.69. The molecule has 1 saturated heterocycles. The number of hydrogen-bond acceptors (Lipinski definition) is 4. The maximum Gasteiger partial charge on any atom is 0.254 e. The number of nitrogens with one attached hydrogen (secondary N) is 1. The summed E-state index contributed by atoms with van der Waals surface area (Å²) in [6.45, 7) is 7.83. The number of H-pyrrole nitrogens is 1. The maximum atomic E-state index is 12.7. The third kappa shape index (κ3) is 4.42. The molecule has 6 nitrogen and oxygen atoms in total. The maximum absolute atomic E-state index is 12.7.